The molecule has 0 bridgehead atoms. The average molecular weight is 202 g/mol. The summed E-state index contributed by atoms with van der Waals surface area (Å²) in [6.45, 7) is 7.86. The molecule has 0 heterocycles. The van der Waals surface area contributed by atoms with Crippen LogP contribution >= 0.6 is 0 Å². The minimum absolute atomic E-state index is 0.800. The number of rotatable bonds is 2. The zero-order valence-corrected chi connectivity index (χ0v) is 10.00. The van der Waals surface area contributed by atoms with E-state index in [1.165, 1.54) is 36.8 Å². The molecule has 1 aromatic rings. The highest BCUT2D eigenvalue weighted by molar-refractivity contribution is 5.53. The standard InChI is InChI=1S/C13H16.C2H6/c1-2-11-7-5-6-10-13(11)12-8-3-4-9-12;1-2/h2,5-7,10,12H,1,3-4,8-9H2;1-2H3. The first-order valence-corrected chi connectivity index (χ1v) is 6.13. The minimum Gasteiger partial charge on any atom is -0.0985 e. The van der Waals surface area contributed by atoms with Crippen molar-refractivity contribution in [3.63, 3.8) is 0 Å². The van der Waals surface area contributed by atoms with E-state index in [0.29, 0.717) is 0 Å². The van der Waals surface area contributed by atoms with Gasteiger partial charge in [0.25, 0.3) is 0 Å². The summed E-state index contributed by atoms with van der Waals surface area (Å²) in [4.78, 5) is 0. The number of benzene rings is 1. The van der Waals surface area contributed by atoms with Crippen LogP contribution in [-0.4, -0.2) is 0 Å². The van der Waals surface area contributed by atoms with Crippen LogP contribution in [0.3, 0.4) is 0 Å². The Morgan fingerprint density at radius 2 is 1.73 bits per heavy atom. The van der Waals surface area contributed by atoms with E-state index in [4.69, 9.17) is 0 Å². The van der Waals surface area contributed by atoms with Gasteiger partial charge in [-0.25, -0.2) is 0 Å². The summed E-state index contributed by atoms with van der Waals surface area (Å²) < 4.78 is 0. The fourth-order valence-corrected chi connectivity index (χ4v) is 2.31. The monoisotopic (exact) mass is 202 g/mol. The van der Waals surface area contributed by atoms with Crippen LogP contribution < -0.4 is 0 Å². The van der Waals surface area contributed by atoms with Crippen molar-refractivity contribution in [1.82, 2.24) is 0 Å². The first-order valence-electron chi connectivity index (χ1n) is 6.13. The highest BCUT2D eigenvalue weighted by atomic mass is 14.2. The molecule has 2 rings (SSSR count). The molecule has 0 heteroatoms. The molecule has 0 atom stereocenters. The summed E-state index contributed by atoms with van der Waals surface area (Å²) in [5, 5.41) is 0. The third kappa shape index (κ3) is 2.95. The van der Waals surface area contributed by atoms with Crippen LogP contribution in [0, 0.1) is 0 Å². The lowest BCUT2D eigenvalue weighted by molar-refractivity contribution is 0.722. The van der Waals surface area contributed by atoms with E-state index in [0.717, 1.165) is 5.92 Å². The van der Waals surface area contributed by atoms with Crippen molar-refractivity contribution in [2.24, 2.45) is 0 Å². The van der Waals surface area contributed by atoms with Crippen LogP contribution in [-0.2, 0) is 0 Å². The second kappa shape index (κ2) is 6.44. The van der Waals surface area contributed by atoms with E-state index >= 15 is 0 Å². The molecule has 0 saturated heterocycles. The Hall–Kier alpha value is -1.04. The minimum atomic E-state index is 0.800. The lowest BCUT2D eigenvalue weighted by Gasteiger charge is -2.12. The maximum absolute atomic E-state index is 3.86. The first-order chi connectivity index (χ1) is 7.42. The van der Waals surface area contributed by atoms with Gasteiger partial charge in [0.1, 0.15) is 0 Å². The van der Waals surface area contributed by atoms with E-state index in [-0.39, 0.29) is 0 Å². The molecule has 1 aromatic carbocycles. The Balaban J connectivity index is 0.000000531. The van der Waals surface area contributed by atoms with Gasteiger partial charge in [0.05, 0.1) is 0 Å². The van der Waals surface area contributed by atoms with Gasteiger partial charge in [-0.2, -0.15) is 0 Å². The van der Waals surface area contributed by atoms with Crippen molar-refractivity contribution < 1.29 is 0 Å². The van der Waals surface area contributed by atoms with Gasteiger partial charge in [-0.05, 0) is 29.9 Å². The van der Waals surface area contributed by atoms with E-state index in [9.17, 15) is 0 Å². The zero-order chi connectivity index (χ0) is 11.1. The summed E-state index contributed by atoms with van der Waals surface area (Å²) in [7, 11) is 0. The molecular formula is C15H22. The molecule has 1 aliphatic carbocycles. The highest BCUT2D eigenvalue weighted by Gasteiger charge is 2.18. The average Bonchev–Trinajstić information content (AvgIpc) is 2.85. The van der Waals surface area contributed by atoms with E-state index in [1.807, 2.05) is 19.9 Å². The highest BCUT2D eigenvalue weighted by Crippen LogP contribution is 2.35. The zero-order valence-electron chi connectivity index (χ0n) is 10.00. The molecule has 0 unspecified atom stereocenters. The maximum Gasteiger partial charge on any atom is -0.0156 e. The van der Waals surface area contributed by atoms with E-state index < -0.39 is 0 Å². The fourth-order valence-electron chi connectivity index (χ4n) is 2.31. The summed E-state index contributed by atoms with van der Waals surface area (Å²) in [6, 6.07) is 8.66. The third-order valence-corrected chi connectivity index (χ3v) is 3.01. The maximum atomic E-state index is 3.86. The molecule has 0 N–H and O–H groups in total. The Kier molecular flexibility index (Phi) is 5.17. The quantitative estimate of drug-likeness (QED) is 0.632. The summed E-state index contributed by atoms with van der Waals surface area (Å²) >= 11 is 0. The first kappa shape index (κ1) is 12.0. The van der Waals surface area contributed by atoms with Crippen molar-refractivity contribution in [2.45, 2.75) is 45.4 Å². The molecular weight excluding hydrogens is 180 g/mol. The van der Waals surface area contributed by atoms with Gasteiger partial charge in [0, 0.05) is 0 Å². The molecule has 0 amide bonds. The van der Waals surface area contributed by atoms with Crippen molar-refractivity contribution >= 4 is 6.08 Å². The lowest BCUT2D eigenvalue weighted by atomic mass is 9.93. The van der Waals surface area contributed by atoms with Gasteiger partial charge in [0.2, 0.25) is 0 Å². The van der Waals surface area contributed by atoms with E-state index in [1.54, 1.807) is 0 Å². The van der Waals surface area contributed by atoms with Crippen molar-refractivity contribution in [3.05, 3.63) is 42.0 Å². The Labute approximate surface area is 94.0 Å². The summed E-state index contributed by atoms with van der Waals surface area (Å²) in [5.41, 5.74) is 2.84. The SMILES string of the molecule is C=Cc1ccccc1C1CCCC1.CC. The van der Waals surface area contributed by atoms with E-state index in [2.05, 4.69) is 30.8 Å². The molecule has 82 valence electrons. The molecule has 0 nitrogen and oxygen atoms in total. The van der Waals surface area contributed by atoms with Crippen molar-refractivity contribution in [3.8, 4) is 0 Å². The molecule has 1 aliphatic rings. The van der Waals surface area contributed by atoms with Gasteiger partial charge in [-0.1, -0.05) is 63.6 Å². The van der Waals surface area contributed by atoms with Gasteiger partial charge in [0.15, 0.2) is 0 Å². The molecule has 0 aromatic heterocycles. The predicted molar refractivity (Wildman–Crippen MR) is 69.1 cm³/mol. The van der Waals surface area contributed by atoms with Crippen molar-refractivity contribution in [2.75, 3.05) is 0 Å². The predicted octanol–water partition coefficient (Wildman–Crippen LogP) is 5.01. The van der Waals surface area contributed by atoms with Gasteiger partial charge in [-0.15, -0.1) is 0 Å². The largest absolute Gasteiger partial charge is 0.0985 e. The van der Waals surface area contributed by atoms with Crippen LogP contribution in [0.5, 0.6) is 0 Å². The van der Waals surface area contributed by atoms with Crippen LogP contribution in [0.1, 0.15) is 56.6 Å². The molecule has 0 radical (unpaired) electrons. The second-order valence-electron chi connectivity index (χ2n) is 3.81. The lowest BCUT2D eigenvalue weighted by Crippen LogP contribution is -1.94. The molecule has 0 spiro atoms. The number of hydrogen-bond acceptors (Lipinski definition) is 0. The second-order valence-corrected chi connectivity index (χ2v) is 3.81. The molecule has 15 heavy (non-hydrogen) atoms. The van der Waals surface area contributed by atoms with Crippen LogP contribution in [0.4, 0.5) is 0 Å². The van der Waals surface area contributed by atoms with Gasteiger partial charge >= 0.3 is 0 Å². The fraction of sp³-hybridized carbons (Fsp3) is 0.467. The summed E-state index contributed by atoms with van der Waals surface area (Å²) in [5.74, 6) is 0.800. The normalized spacial score (nSPS) is 15.6. The molecule has 0 aliphatic heterocycles. The van der Waals surface area contributed by atoms with Gasteiger partial charge < -0.3 is 0 Å². The molecule has 1 fully saturated rings. The third-order valence-electron chi connectivity index (χ3n) is 3.01. The molecule has 1 saturated carbocycles. The summed E-state index contributed by atoms with van der Waals surface area (Å²) in [6.07, 6.45) is 7.51. The Bertz CT molecular complexity index is 293. The van der Waals surface area contributed by atoms with Crippen molar-refractivity contribution in [1.29, 1.82) is 0 Å². The smallest absolute Gasteiger partial charge is 0.0156 e. The Morgan fingerprint density at radius 3 is 2.33 bits per heavy atom. The topological polar surface area (TPSA) is 0 Å². The van der Waals surface area contributed by atoms with Crippen LogP contribution in [0.2, 0.25) is 0 Å². The van der Waals surface area contributed by atoms with Gasteiger partial charge in [-0.3, -0.25) is 0 Å². The van der Waals surface area contributed by atoms with Crippen LogP contribution in [0.15, 0.2) is 30.8 Å². The Morgan fingerprint density at radius 1 is 1.13 bits per heavy atom. The number of hydrogen-bond donors (Lipinski definition) is 0. The van der Waals surface area contributed by atoms with Crippen LogP contribution in [0.25, 0.3) is 6.08 Å².